The molecule has 0 aliphatic carbocycles. The van der Waals surface area contributed by atoms with Crippen LogP contribution < -0.4 is 14.8 Å². The molecule has 160 valence electrons. The van der Waals surface area contributed by atoms with Gasteiger partial charge in [0.05, 0.1) is 12.6 Å². The van der Waals surface area contributed by atoms with E-state index in [4.69, 9.17) is 16.3 Å². The summed E-state index contributed by atoms with van der Waals surface area (Å²) >= 11 is 6.02. The number of sulfonamides is 1. The number of anilines is 1. The first-order valence-corrected chi connectivity index (χ1v) is 11.6. The molecule has 0 saturated carbocycles. The maximum atomic E-state index is 12.8. The average molecular weight is 448 g/mol. The van der Waals surface area contributed by atoms with Crippen molar-refractivity contribution >= 4 is 38.2 Å². The molecule has 0 spiro atoms. The third kappa shape index (κ3) is 5.22. The van der Waals surface area contributed by atoms with E-state index in [0.717, 1.165) is 22.2 Å². The van der Waals surface area contributed by atoms with Crippen LogP contribution in [0.4, 0.5) is 5.69 Å². The molecular formula is C22H26ClN3O3S. The van der Waals surface area contributed by atoms with Gasteiger partial charge in [0.25, 0.3) is 0 Å². The zero-order chi connectivity index (χ0) is 21.7. The number of benzene rings is 2. The van der Waals surface area contributed by atoms with Crippen molar-refractivity contribution < 1.29 is 13.2 Å². The van der Waals surface area contributed by atoms with E-state index in [0.29, 0.717) is 30.3 Å². The lowest BCUT2D eigenvalue weighted by molar-refractivity contribution is 0.402. The molecule has 3 rings (SSSR count). The highest BCUT2D eigenvalue weighted by Gasteiger charge is 2.20. The van der Waals surface area contributed by atoms with Crippen molar-refractivity contribution in [1.29, 1.82) is 0 Å². The maximum absolute atomic E-state index is 12.8. The standard InChI is InChI=1S/C22H26ClN3O3S/c1-15(2)16-5-8-21(29-3)22(13-16)30(27,28)26-11-4-10-24-19-9-12-25-20-14-17(23)6-7-18(19)20/h5-9,12-15,26H,4,10-11H2,1-3H3,(H,24,25). The number of pyridine rings is 1. The number of rotatable bonds is 9. The van der Waals surface area contributed by atoms with Crippen molar-refractivity contribution in [3.63, 3.8) is 0 Å². The number of hydrogen-bond donors (Lipinski definition) is 2. The predicted molar refractivity (Wildman–Crippen MR) is 122 cm³/mol. The van der Waals surface area contributed by atoms with Crippen LogP contribution in [0.15, 0.2) is 53.6 Å². The van der Waals surface area contributed by atoms with Gasteiger partial charge in [-0.2, -0.15) is 0 Å². The van der Waals surface area contributed by atoms with Gasteiger partial charge < -0.3 is 10.1 Å². The lowest BCUT2D eigenvalue weighted by Crippen LogP contribution is -2.26. The first-order chi connectivity index (χ1) is 14.3. The second kappa shape index (κ2) is 9.64. The Hall–Kier alpha value is -2.35. The monoisotopic (exact) mass is 447 g/mol. The predicted octanol–water partition coefficient (Wildman–Crippen LogP) is 4.80. The van der Waals surface area contributed by atoms with Gasteiger partial charge >= 0.3 is 0 Å². The second-order valence-corrected chi connectivity index (χ2v) is 9.43. The first kappa shape index (κ1) is 22.3. The molecule has 2 N–H and O–H groups in total. The molecule has 0 bridgehead atoms. The molecule has 30 heavy (non-hydrogen) atoms. The molecule has 3 aromatic rings. The van der Waals surface area contributed by atoms with Gasteiger partial charge in [-0.25, -0.2) is 13.1 Å². The van der Waals surface area contributed by atoms with Gasteiger partial charge in [-0.05, 0) is 54.3 Å². The Labute approximate surface area is 182 Å². The molecule has 1 aromatic heterocycles. The molecule has 0 atom stereocenters. The molecule has 0 aliphatic rings. The molecule has 0 aliphatic heterocycles. The zero-order valence-electron chi connectivity index (χ0n) is 17.3. The van der Waals surface area contributed by atoms with Crippen LogP contribution >= 0.6 is 11.6 Å². The number of methoxy groups -OCH3 is 1. The lowest BCUT2D eigenvalue weighted by Gasteiger charge is -2.14. The smallest absolute Gasteiger partial charge is 0.244 e. The van der Waals surface area contributed by atoms with E-state index >= 15 is 0 Å². The fourth-order valence-corrected chi connectivity index (χ4v) is 4.58. The van der Waals surface area contributed by atoms with Crippen molar-refractivity contribution in [2.24, 2.45) is 0 Å². The van der Waals surface area contributed by atoms with Crippen molar-refractivity contribution in [2.45, 2.75) is 31.1 Å². The van der Waals surface area contributed by atoms with Crippen molar-refractivity contribution in [1.82, 2.24) is 9.71 Å². The second-order valence-electron chi connectivity index (χ2n) is 7.26. The quantitative estimate of drug-likeness (QED) is 0.460. The molecule has 0 unspecified atom stereocenters. The average Bonchev–Trinajstić information content (AvgIpc) is 2.72. The van der Waals surface area contributed by atoms with Gasteiger partial charge in [0.1, 0.15) is 10.6 Å². The van der Waals surface area contributed by atoms with E-state index in [1.807, 2.05) is 44.2 Å². The van der Waals surface area contributed by atoms with Gasteiger partial charge in [0.2, 0.25) is 10.0 Å². The summed E-state index contributed by atoms with van der Waals surface area (Å²) in [6.45, 7) is 4.95. The van der Waals surface area contributed by atoms with Crippen molar-refractivity contribution in [2.75, 3.05) is 25.5 Å². The third-order valence-electron chi connectivity index (χ3n) is 4.81. The number of halogens is 1. The van der Waals surface area contributed by atoms with Crippen LogP contribution in [0.2, 0.25) is 5.02 Å². The number of aromatic nitrogens is 1. The van der Waals surface area contributed by atoms with Gasteiger partial charge in [0.15, 0.2) is 0 Å². The van der Waals surface area contributed by atoms with Crippen molar-refractivity contribution in [3.05, 3.63) is 59.2 Å². The van der Waals surface area contributed by atoms with E-state index in [2.05, 4.69) is 15.0 Å². The summed E-state index contributed by atoms with van der Waals surface area (Å²) in [6, 6.07) is 12.7. The highest BCUT2D eigenvalue weighted by Crippen LogP contribution is 2.28. The molecule has 0 saturated heterocycles. The molecular weight excluding hydrogens is 422 g/mol. The zero-order valence-corrected chi connectivity index (χ0v) is 18.8. The number of nitrogens with one attached hydrogen (secondary N) is 2. The van der Waals surface area contributed by atoms with Crippen molar-refractivity contribution in [3.8, 4) is 5.75 Å². The lowest BCUT2D eigenvalue weighted by atomic mass is 10.0. The highest BCUT2D eigenvalue weighted by atomic mass is 35.5. The molecule has 0 radical (unpaired) electrons. The molecule has 0 fully saturated rings. The Morgan fingerprint density at radius 3 is 2.63 bits per heavy atom. The Morgan fingerprint density at radius 2 is 1.90 bits per heavy atom. The van der Waals surface area contributed by atoms with Crippen LogP contribution in [0.3, 0.4) is 0 Å². The normalized spacial score (nSPS) is 11.8. The van der Waals surface area contributed by atoms with Gasteiger partial charge in [0, 0.05) is 35.4 Å². The van der Waals surface area contributed by atoms with E-state index in [-0.39, 0.29) is 10.8 Å². The minimum atomic E-state index is -3.67. The molecule has 1 heterocycles. The minimum absolute atomic E-state index is 0.168. The van der Waals surface area contributed by atoms with E-state index in [1.54, 1.807) is 18.3 Å². The Bertz CT molecular complexity index is 1130. The summed E-state index contributed by atoms with van der Waals surface area (Å²) in [7, 11) is -2.20. The Balaban J connectivity index is 1.61. The van der Waals surface area contributed by atoms with E-state index < -0.39 is 10.0 Å². The van der Waals surface area contributed by atoms with E-state index in [9.17, 15) is 8.42 Å². The van der Waals surface area contributed by atoms with Crippen LogP contribution in [0.25, 0.3) is 10.9 Å². The third-order valence-corrected chi connectivity index (χ3v) is 6.53. The Morgan fingerprint density at radius 1 is 1.10 bits per heavy atom. The molecule has 2 aromatic carbocycles. The fourth-order valence-electron chi connectivity index (χ4n) is 3.13. The number of hydrogen-bond acceptors (Lipinski definition) is 5. The summed E-state index contributed by atoms with van der Waals surface area (Å²) in [4.78, 5) is 4.49. The number of nitrogens with zero attached hydrogens (tertiary/aromatic N) is 1. The largest absolute Gasteiger partial charge is 0.495 e. The summed E-state index contributed by atoms with van der Waals surface area (Å²) in [5.74, 6) is 0.561. The van der Waals surface area contributed by atoms with Gasteiger partial charge in [-0.15, -0.1) is 0 Å². The van der Waals surface area contributed by atoms with E-state index in [1.165, 1.54) is 7.11 Å². The van der Waals surface area contributed by atoms with Crippen LogP contribution in [0.1, 0.15) is 31.7 Å². The van der Waals surface area contributed by atoms with Crippen LogP contribution in [-0.4, -0.2) is 33.6 Å². The summed E-state index contributed by atoms with van der Waals surface area (Å²) in [5.41, 5.74) is 2.69. The number of ether oxygens (including phenoxy) is 1. The topological polar surface area (TPSA) is 80.3 Å². The maximum Gasteiger partial charge on any atom is 0.244 e. The first-order valence-electron chi connectivity index (χ1n) is 9.77. The van der Waals surface area contributed by atoms with Crippen LogP contribution in [0, 0.1) is 0 Å². The SMILES string of the molecule is COc1ccc(C(C)C)cc1S(=O)(=O)NCCCNc1ccnc2cc(Cl)ccc12. The number of fused-ring (bicyclic) bond motifs is 1. The molecule has 8 heteroatoms. The fraction of sp³-hybridized carbons (Fsp3) is 0.318. The minimum Gasteiger partial charge on any atom is -0.495 e. The van der Waals surface area contributed by atoms with Gasteiger partial charge in [-0.1, -0.05) is 31.5 Å². The molecule has 0 amide bonds. The highest BCUT2D eigenvalue weighted by molar-refractivity contribution is 7.89. The van der Waals surface area contributed by atoms with Gasteiger partial charge in [-0.3, -0.25) is 4.98 Å². The van der Waals surface area contributed by atoms with Crippen LogP contribution in [-0.2, 0) is 10.0 Å². The molecule has 6 nitrogen and oxygen atoms in total. The summed E-state index contributed by atoms with van der Waals surface area (Å²) in [6.07, 6.45) is 2.33. The summed E-state index contributed by atoms with van der Waals surface area (Å²) in [5, 5.41) is 4.94. The Kier molecular flexibility index (Phi) is 7.18. The van der Waals surface area contributed by atoms with Crippen LogP contribution in [0.5, 0.6) is 5.75 Å². The summed E-state index contributed by atoms with van der Waals surface area (Å²) < 4.78 is 33.5.